The summed E-state index contributed by atoms with van der Waals surface area (Å²) >= 11 is 0. The van der Waals surface area contributed by atoms with Gasteiger partial charge in [-0.05, 0) is 48.9 Å². The third kappa shape index (κ3) is 2.48. The summed E-state index contributed by atoms with van der Waals surface area (Å²) in [6.45, 7) is 1.68. The standard InChI is InChI=1S/C17H13FN2O3/c1-9-7-11(18)4-6-14(9)19-15(21)10-3-5-12-13(8-10)17(23)20(2)16(12)22/h3-8H,1-2H3,(H,19,21). The van der Waals surface area contributed by atoms with E-state index in [0.717, 1.165) is 4.90 Å². The van der Waals surface area contributed by atoms with Gasteiger partial charge in [-0.1, -0.05) is 0 Å². The number of rotatable bonds is 2. The molecule has 0 bridgehead atoms. The van der Waals surface area contributed by atoms with Crippen molar-refractivity contribution >= 4 is 23.4 Å². The minimum absolute atomic E-state index is 0.209. The van der Waals surface area contributed by atoms with Crippen LogP contribution in [0.5, 0.6) is 0 Å². The van der Waals surface area contributed by atoms with Crippen molar-refractivity contribution in [2.24, 2.45) is 0 Å². The van der Waals surface area contributed by atoms with E-state index < -0.39 is 11.8 Å². The maximum Gasteiger partial charge on any atom is 0.261 e. The van der Waals surface area contributed by atoms with Gasteiger partial charge in [-0.2, -0.15) is 0 Å². The quantitative estimate of drug-likeness (QED) is 0.867. The molecule has 0 saturated heterocycles. The lowest BCUT2D eigenvalue weighted by Gasteiger charge is -2.09. The Kier molecular flexibility index (Phi) is 3.44. The van der Waals surface area contributed by atoms with Crippen LogP contribution in [0.1, 0.15) is 36.6 Å². The predicted octanol–water partition coefficient (Wildman–Crippen LogP) is 2.61. The number of benzene rings is 2. The van der Waals surface area contributed by atoms with Crippen LogP contribution in [0, 0.1) is 12.7 Å². The zero-order valence-electron chi connectivity index (χ0n) is 12.5. The smallest absolute Gasteiger partial charge is 0.261 e. The number of nitrogens with one attached hydrogen (secondary N) is 1. The normalized spacial score (nSPS) is 13.3. The van der Waals surface area contributed by atoms with Crippen molar-refractivity contribution in [3.63, 3.8) is 0 Å². The molecule has 0 aliphatic carbocycles. The summed E-state index contributed by atoms with van der Waals surface area (Å²) in [4.78, 5) is 37.1. The molecule has 5 nitrogen and oxygen atoms in total. The number of imide groups is 1. The zero-order valence-corrected chi connectivity index (χ0v) is 12.5. The maximum absolute atomic E-state index is 13.1. The summed E-state index contributed by atoms with van der Waals surface area (Å²) in [6.07, 6.45) is 0. The Morgan fingerprint density at radius 1 is 1.04 bits per heavy atom. The molecule has 0 spiro atoms. The molecule has 0 radical (unpaired) electrons. The van der Waals surface area contributed by atoms with Crippen molar-refractivity contribution in [3.05, 3.63) is 64.5 Å². The molecular weight excluding hydrogens is 299 g/mol. The number of carbonyl (C=O) groups is 3. The lowest BCUT2D eigenvalue weighted by molar-refractivity contribution is 0.0693. The fourth-order valence-corrected chi connectivity index (χ4v) is 2.46. The van der Waals surface area contributed by atoms with Gasteiger partial charge in [0.05, 0.1) is 11.1 Å². The second kappa shape index (κ2) is 5.31. The van der Waals surface area contributed by atoms with Crippen molar-refractivity contribution in [1.82, 2.24) is 4.90 Å². The molecule has 0 atom stereocenters. The number of halogens is 1. The molecule has 2 aromatic carbocycles. The third-order valence-corrected chi connectivity index (χ3v) is 3.79. The molecule has 1 aliphatic heterocycles. The summed E-state index contributed by atoms with van der Waals surface area (Å²) in [5.74, 6) is -1.63. The highest BCUT2D eigenvalue weighted by Gasteiger charge is 2.33. The van der Waals surface area contributed by atoms with Crippen molar-refractivity contribution in [3.8, 4) is 0 Å². The van der Waals surface area contributed by atoms with Crippen LogP contribution in [0.15, 0.2) is 36.4 Å². The molecule has 1 aliphatic rings. The molecular formula is C17H13FN2O3. The highest BCUT2D eigenvalue weighted by atomic mass is 19.1. The average molecular weight is 312 g/mol. The van der Waals surface area contributed by atoms with Gasteiger partial charge in [-0.25, -0.2) is 4.39 Å². The van der Waals surface area contributed by atoms with Gasteiger partial charge in [0.1, 0.15) is 5.82 Å². The SMILES string of the molecule is Cc1cc(F)ccc1NC(=O)c1ccc2c(c1)C(=O)N(C)C2=O. The molecule has 1 N–H and O–H groups in total. The molecule has 0 fully saturated rings. The minimum Gasteiger partial charge on any atom is -0.322 e. The van der Waals surface area contributed by atoms with Crippen LogP contribution in [0.25, 0.3) is 0 Å². The monoisotopic (exact) mass is 312 g/mol. The number of fused-ring (bicyclic) bond motifs is 1. The molecule has 1 heterocycles. The van der Waals surface area contributed by atoms with Gasteiger partial charge in [0.15, 0.2) is 0 Å². The van der Waals surface area contributed by atoms with Crippen LogP contribution in [0.2, 0.25) is 0 Å². The topological polar surface area (TPSA) is 66.5 Å². The van der Waals surface area contributed by atoms with Crippen molar-refractivity contribution in [2.45, 2.75) is 6.92 Å². The number of hydrogen-bond acceptors (Lipinski definition) is 3. The van der Waals surface area contributed by atoms with E-state index in [4.69, 9.17) is 0 Å². The average Bonchev–Trinajstić information content (AvgIpc) is 2.74. The maximum atomic E-state index is 13.1. The molecule has 3 rings (SSSR count). The number of nitrogens with zero attached hydrogens (tertiary/aromatic N) is 1. The van der Waals surface area contributed by atoms with Crippen LogP contribution >= 0.6 is 0 Å². The van der Waals surface area contributed by atoms with E-state index in [-0.39, 0.29) is 28.4 Å². The van der Waals surface area contributed by atoms with Crippen molar-refractivity contribution in [1.29, 1.82) is 0 Å². The molecule has 0 saturated carbocycles. The predicted molar refractivity (Wildman–Crippen MR) is 82.0 cm³/mol. The van der Waals surface area contributed by atoms with Gasteiger partial charge in [0.25, 0.3) is 17.7 Å². The number of anilines is 1. The Balaban J connectivity index is 1.90. The van der Waals surface area contributed by atoms with Gasteiger partial charge < -0.3 is 5.32 Å². The summed E-state index contributed by atoms with van der Waals surface area (Å²) in [6, 6.07) is 8.38. The second-order valence-electron chi connectivity index (χ2n) is 5.34. The van der Waals surface area contributed by atoms with E-state index in [1.54, 1.807) is 6.92 Å². The second-order valence-corrected chi connectivity index (χ2v) is 5.34. The Bertz CT molecular complexity index is 861. The summed E-state index contributed by atoms with van der Waals surface area (Å²) in [5, 5.41) is 2.67. The molecule has 6 heteroatoms. The Hall–Kier alpha value is -3.02. The van der Waals surface area contributed by atoms with Crippen molar-refractivity contribution < 1.29 is 18.8 Å². The van der Waals surface area contributed by atoms with Crippen LogP contribution in [0.4, 0.5) is 10.1 Å². The van der Waals surface area contributed by atoms with E-state index >= 15 is 0 Å². The zero-order chi connectivity index (χ0) is 16.7. The number of hydrogen-bond donors (Lipinski definition) is 1. The van der Waals surface area contributed by atoms with Crippen LogP contribution in [0.3, 0.4) is 0 Å². The highest BCUT2D eigenvalue weighted by molar-refractivity contribution is 6.22. The van der Waals surface area contributed by atoms with Gasteiger partial charge in [0.2, 0.25) is 0 Å². The van der Waals surface area contributed by atoms with E-state index in [1.165, 1.54) is 43.4 Å². The van der Waals surface area contributed by atoms with Gasteiger partial charge in [0, 0.05) is 18.3 Å². The van der Waals surface area contributed by atoms with Gasteiger partial charge in [-0.15, -0.1) is 0 Å². The summed E-state index contributed by atoms with van der Waals surface area (Å²) < 4.78 is 13.1. The first-order chi connectivity index (χ1) is 10.9. The van der Waals surface area contributed by atoms with Crippen LogP contribution < -0.4 is 5.32 Å². The lowest BCUT2D eigenvalue weighted by atomic mass is 10.0. The minimum atomic E-state index is -0.433. The lowest BCUT2D eigenvalue weighted by Crippen LogP contribution is -2.24. The first-order valence-corrected chi connectivity index (χ1v) is 6.92. The fraction of sp³-hybridized carbons (Fsp3) is 0.118. The molecule has 23 heavy (non-hydrogen) atoms. The van der Waals surface area contributed by atoms with E-state index in [2.05, 4.69) is 5.32 Å². The van der Waals surface area contributed by atoms with E-state index in [9.17, 15) is 18.8 Å². The molecule has 0 aromatic heterocycles. The Labute approximate surface area is 131 Å². The third-order valence-electron chi connectivity index (χ3n) is 3.79. The first kappa shape index (κ1) is 14.9. The Morgan fingerprint density at radius 3 is 2.43 bits per heavy atom. The number of carbonyl (C=O) groups excluding carboxylic acids is 3. The highest BCUT2D eigenvalue weighted by Crippen LogP contribution is 2.23. The Morgan fingerprint density at radius 2 is 1.74 bits per heavy atom. The molecule has 3 amide bonds. The van der Waals surface area contributed by atoms with Gasteiger partial charge in [-0.3, -0.25) is 19.3 Å². The van der Waals surface area contributed by atoms with Crippen LogP contribution in [-0.2, 0) is 0 Å². The molecule has 2 aromatic rings. The molecule has 0 unspecified atom stereocenters. The first-order valence-electron chi connectivity index (χ1n) is 6.92. The number of amides is 3. The van der Waals surface area contributed by atoms with Crippen molar-refractivity contribution in [2.75, 3.05) is 12.4 Å². The largest absolute Gasteiger partial charge is 0.322 e. The van der Waals surface area contributed by atoms with E-state index in [1.807, 2.05) is 0 Å². The fourth-order valence-electron chi connectivity index (χ4n) is 2.46. The van der Waals surface area contributed by atoms with E-state index in [0.29, 0.717) is 11.3 Å². The van der Waals surface area contributed by atoms with Crippen LogP contribution in [-0.4, -0.2) is 29.7 Å². The summed E-state index contributed by atoms with van der Waals surface area (Å²) in [5.41, 5.74) is 1.82. The number of aryl methyl sites for hydroxylation is 1. The molecule has 116 valence electrons. The van der Waals surface area contributed by atoms with Gasteiger partial charge >= 0.3 is 0 Å². The summed E-state index contributed by atoms with van der Waals surface area (Å²) in [7, 11) is 1.40.